The molecule has 0 spiro atoms. The van der Waals surface area contributed by atoms with Gasteiger partial charge >= 0.3 is 0 Å². The number of nitrogens with zero attached hydrogens (tertiary/aromatic N) is 4. The van der Waals surface area contributed by atoms with E-state index in [4.69, 9.17) is 0 Å². The molecule has 5 nitrogen and oxygen atoms in total. The normalized spacial score (nSPS) is 16.0. The molecule has 1 fully saturated rings. The first kappa shape index (κ1) is 15.1. The van der Waals surface area contributed by atoms with Gasteiger partial charge in [0.1, 0.15) is 0 Å². The molecule has 2 aromatic heterocycles. The first-order chi connectivity index (χ1) is 10.7. The molecule has 3 heterocycles. The second-order valence-electron chi connectivity index (χ2n) is 5.55. The second kappa shape index (κ2) is 6.98. The van der Waals surface area contributed by atoms with Crippen LogP contribution in [0.15, 0.2) is 29.9 Å². The molecule has 22 heavy (non-hydrogen) atoms. The van der Waals surface area contributed by atoms with Crippen LogP contribution in [-0.2, 0) is 11.2 Å². The molecule has 0 unspecified atom stereocenters. The van der Waals surface area contributed by atoms with Crippen LogP contribution in [0, 0.1) is 0 Å². The number of amides is 1. The van der Waals surface area contributed by atoms with Gasteiger partial charge in [-0.1, -0.05) is 0 Å². The molecular formula is C16H20N4OS. The number of thiazole rings is 1. The van der Waals surface area contributed by atoms with Crippen molar-refractivity contribution in [2.75, 3.05) is 33.2 Å². The van der Waals surface area contributed by atoms with Crippen molar-refractivity contribution < 1.29 is 4.79 Å². The van der Waals surface area contributed by atoms with E-state index in [0.717, 1.165) is 48.9 Å². The Bertz CT molecular complexity index is 620. The molecular weight excluding hydrogens is 296 g/mol. The Balaban J connectivity index is 1.54. The first-order valence-corrected chi connectivity index (χ1v) is 8.41. The van der Waals surface area contributed by atoms with Crippen LogP contribution in [0.3, 0.4) is 0 Å². The summed E-state index contributed by atoms with van der Waals surface area (Å²) in [7, 11) is 2.10. The maximum atomic E-state index is 12.2. The van der Waals surface area contributed by atoms with Crippen molar-refractivity contribution in [1.82, 2.24) is 19.8 Å². The summed E-state index contributed by atoms with van der Waals surface area (Å²) in [6.45, 7) is 3.62. The number of hydrogen-bond donors (Lipinski definition) is 0. The molecule has 3 rings (SSSR count). The molecule has 1 aliphatic rings. The number of carbonyl (C=O) groups is 1. The van der Waals surface area contributed by atoms with Crippen LogP contribution in [0.25, 0.3) is 11.3 Å². The fourth-order valence-electron chi connectivity index (χ4n) is 2.51. The summed E-state index contributed by atoms with van der Waals surface area (Å²) < 4.78 is 0. The molecule has 0 aliphatic carbocycles. The zero-order valence-corrected chi connectivity index (χ0v) is 13.6. The maximum Gasteiger partial charge on any atom is 0.223 e. The highest BCUT2D eigenvalue weighted by Gasteiger charge is 2.19. The summed E-state index contributed by atoms with van der Waals surface area (Å²) in [4.78, 5) is 25.1. The minimum atomic E-state index is 0.244. The number of aryl methyl sites for hydroxylation is 1. The van der Waals surface area contributed by atoms with Crippen molar-refractivity contribution in [2.45, 2.75) is 12.8 Å². The highest BCUT2D eigenvalue weighted by atomic mass is 32.1. The van der Waals surface area contributed by atoms with Gasteiger partial charge in [-0.3, -0.25) is 9.78 Å². The molecule has 2 aromatic rings. The summed E-state index contributed by atoms with van der Waals surface area (Å²) in [6, 6.07) is 3.91. The van der Waals surface area contributed by atoms with Crippen LogP contribution in [0.5, 0.6) is 0 Å². The van der Waals surface area contributed by atoms with Crippen molar-refractivity contribution in [3.63, 3.8) is 0 Å². The molecule has 0 saturated carbocycles. The van der Waals surface area contributed by atoms with Crippen LogP contribution in [0.4, 0.5) is 0 Å². The topological polar surface area (TPSA) is 49.3 Å². The predicted molar refractivity (Wildman–Crippen MR) is 87.7 cm³/mol. The minimum Gasteiger partial charge on any atom is -0.340 e. The van der Waals surface area contributed by atoms with E-state index in [2.05, 4.69) is 21.9 Å². The van der Waals surface area contributed by atoms with Gasteiger partial charge in [0, 0.05) is 62.4 Å². The van der Waals surface area contributed by atoms with Gasteiger partial charge in [-0.2, -0.15) is 0 Å². The maximum absolute atomic E-state index is 12.2. The zero-order valence-electron chi connectivity index (χ0n) is 12.7. The first-order valence-electron chi connectivity index (χ1n) is 7.53. The average molecular weight is 316 g/mol. The number of pyridine rings is 1. The van der Waals surface area contributed by atoms with Crippen molar-refractivity contribution >= 4 is 17.2 Å². The Morgan fingerprint density at radius 1 is 1.23 bits per heavy atom. The van der Waals surface area contributed by atoms with Crippen LogP contribution in [0.2, 0.25) is 0 Å². The van der Waals surface area contributed by atoms with Gasteiger partial charge in [0.25, 0.3) is 0 Å². The third kappa shape index (κ3) is 3.69. The van der Waals surface area contributed by atoms with Gasteiger partial charge in [0.15, 0.2) is 0 Å². The van der Waals surface area contributed by atoms with E-state index in [1.165, 1.54) is 0 Å². The third-order valence-corrected chi connectivity index (χ3v) is 4.85. The highest BCUT2D eigenvalue weighted by molar-refractivity contribution is 7.09. The van der Waals surface area contributed by atoms with Crippen molar-refractivity contribution in [2.24, 2.45) is 0 Å². The second-order valence-corrected chi connectivity index (χ2v) is 6.49. The van der Waals surface area contributed by atoms with E-state index < -0.39 is 0 Å². The molecule has 1 saturated heterocycles. The van der Waals surface area contributed by atoms with Crippen LogP contribution < -0.4 is 0 Å². The Morgan fingerprint density at radius 2 is 1.95 bits per heavy atom. The predicted octanol–water partition coefficient (Wildman–Crippen LogP) is 1.91. The molecule has 0 N–H and O–H groups in total. The Hall–Kier alpha value is -1.79. The molecule has 6 heteroatoms. The number of aromatic nitrogens is 2. The summed E-state index contributed by atoms with van der Waals surface area (Å²) in [5.41, 5.74) is 2.04. The van der Waals surface area contributed by atoms with E-state index in [9.17, 15) is 4.79 Å². The van der Waals surface area contributed by atoms with Gasteiger partial charge in [-0.15, -0.1) is 11.3 Å². The number of carbonyl (C=O) groups excluding carboxylic acids is 1. The summed E-state index contributed by atoms with van der Waals surface area (Å²) in [6.07, 6.45) is 4.81. The van der Waals surface area contributed by atoms with Crippen LogP contribution >= 0.6 is 11.3 Å². The fourth-order valence-corrected chi connectivity index (χ4v) is 3.32. The Morgan fingerprint density at radius 3 is 2.68 bits per heavy atom. The van der Waals surface area contributed by atoms with E-state index in [-0.39, 0.29) is 5.91 Å². The number of rotatable bonds is 4. The molecule has 0 radical (unpaired) electrons. The van der Waals surface area contributed by atoms with Crippen LogP contribution in [0.1, 0.15) is 11.4 Å². The lowest BCUT2D eigenvalue weighted by Crippen LogP contribution is -2.47. The minimum absolute atomic E-state index is 0.244. The molecule has 0 bridgehead atoms. The molecule has 116 valence electrons. The number of hydrogen-bond acceptors (Lipinski definition) is 5. The van der Waals surface area contributed by atoms with E-state index >= 15 is 0 Å². The largest absolute Gasteiger partial charge is 0.340 e. The van der Waals surface area contributed by atoms with Gasteiger partial charge in [-0.25, -0.2) is 4.98 Å². The van der Waals surface area contributed by atoms with Crippen LogP contribution in [-0.4, -0.2) is 58.9 Å². The Labute approximate surface area is 134 Å². The lowest BCUT2D eigenvalue weighted by atomic mass is 10.2. The molecule has 1 aliphatic heterocycles. The average Bonchev–Trinajstić information content (AvgIpc) is 3.03. The van der Waals surface area contributed by atoms with E-state index in [0.29, 0.717) is 6.42 Å². The van der Waals surface area contributed by atoms with Gasteiger partial charge < -0.3 is 9.80 Å². The van der Waals surface area contributed by atoms with Gasteiger partial charge in [0.2, 0.25) is 5.91 Å². The third-order valence-electron chi connectivity index (χ3n) is 3.94. The monoisotopic (exact) mass is 316 g/mol. The summed E-state index contributed by atoms with van der Waals surface area (Å²) in [5.74, 6) is 0.244. The zero-order chi connectivity index (χ0) is 15.4. The van der Waals surface area contributed by atoms with Gasteiger partial charge in [-0.05, 0) is 19.2 Å². The molecule has 0 aromatic carbocycles. The lowest BCUT2D eigenvalue weighted by molar-refractivity contribution is -0.132. The standard InChI is InChI=1S/C16H20N4OS/c1-19-8-10-20(11-9-19)16(21)3-2-15-18-14(12-22-15)13-4-6-17-7-5-13/h4-7,12H,2-3,8-11H2,1H3. The number of likely N-dealkylation sites (N-methyl/N-ethyl adjacent to an activating group) is 1. The van der Waals surface area contributed by atoms with E-state index in [1.54, 1.807) is 23.7 Å². The molecule has 0 atom stereocenters. The SMILES string of the molecule is CN1CCN(C(=O)CCc2nc(-c3ccncc3)cs2)CC1. The Kier molecular flexibility index (Phi) is 4.80. The quantitative estimate of drug-likeness (QED) is 0.864. The highest BCUT2D eigenvalue weighted by Crippen LogP contribution is 2.22. The summed E-state index contributed by atoms with van der Waals surface area (Å²) in [5, 5.41) is 3.07. The van der Waals surface area contributed by atoms with Gasteiger partial charge in [0.05, 0.1) is 10.7 Å². The lowest BCUT2D eigenvalue weighted by Gasteiger charge is -2.32. The smallest absolute Gasteiger partial charge is 0.223 e. The summed E-state index contributed by atoms with van der Waals surface area (Å²) >= 11 is 1.62. The number of piperazine rings is 1. The fraction of sp³-hybridized carbons (Fsp3) is 0.438. The van der Waals surface area contributed by atoms with Crippen molar-refractivity contribution in [3.05, 3.63) is 34.9 Å². The van der Waals surface area contributed by atoms with E-state index in [1.807, 2.05) is 22.4 Å². The van der Waals surface area contributed by atoms with Crippen molar-refractivity contribution in [1.29, 1.82) is 0 Å². The van der Waals surface area contributed by atoms with Crippen molar-refractivity contribution in [3.8, 4) is 11.3 Å². The molecule has 1 amide bonds.